The minimum atomic E-state index is 0.622. The molecule has 1 saturated heterocycles. The Balaban J connectivity index is 1.70. The fraction of sp³-hybridized carbons (Fsp3) is 0.750. The summed E-state index contributed by atoms with van der Waals surface area (Å²) in [6, 6.07) is 0.622. The molecular weight excluding hydrogens is 188 g/mol. The third-order valence-corrected chi connectivity index (χ3v) is 3.64. The van der Waals surface area contributed by atoms with Crippen molar-refractivity contribution >= 4 is 0 Å². The van der Waals surface area contributed by atoms with Crippen LogP contribution in [0.4, 0.5) is 0 Å². The summed E-state index contributed by atoms with van der Waals surface area (Å²) in [6.45, 7) is 1.17. The number of hydrogen-bond donors (Lipinski definition) is 1. The zero-order valence-corrected chi connectivity index (χ0v) is 9.09. The van der Waals surface area contributed by atoms with Crippen LogP contribution < -0.4 is 5.32 Å². The lowest BCUT2D eigenvalue weighted by atomic mass is 9.99. The second-order valence-corrected chi connectivity index (χ2v) is 4.74. The monoisotopic (exact) mass is 206 g/mol. The van der Waals surface area contributed by atoms with Gasteiger partial charge in [-0.3, -0.25) is 0 Å². The summed E-state index contributed by atoms with van der Waals surface area (Å²) in [6.07, 6.45) is 8.58. The highest BCUT2D eigenvalue weighted by atomic mass is 16.5. The van der Waals surface area contributed by atoms with Crippen LogP contribution in [-0.2, 0) is 19.3 Å². The number of fused-ring (bicyclic) bond motifs is 1. The fourth-order valence-corrected chi connectivity index (χ4v) is 2.78. The number of aromatic nitrogens is 1. The molecule has 15 heavy (non-hydrogen) atoms. The first kappa shape index (κ1) is 9.40. The molecule has 0 spiro atoms. The molecular formula is C12H18N2O. The van der Waals surface area contributed by atoms with Gasteiger partial charge in [-0.15, -0.1) is 0 Å². The highest BCUT2D eigenvalue weighted by Crippen LogP contribution is 2.26. The molecule has 0 amide bonds. The number of nitrogens with zero attached hydrogens (tertiary/aromatic N) is 1. The van der Waals surface area contributed by atoms with Gasteiger partial charge in [-0.25, -0.2) is 0 Å². The lowest BCUT2D eigenvalue weighted by Gasteiger charge is -2.22. The number of aryl methyl sites for hydroxylation is 1. The second kappa shape index (κ2) is 3.97. The summed E-state index contributed by atoms with van der Waals surface area (Å²) in [5.74, 6) is 1.15. The molecule has 1 fully saturated rings. The van der Waals surface area contributed by atoms with Crippen LogP contribution in [0.5, 0.6) is 0 Å². The van der Waals surface area contributed by atoms with Gasteiger partial charge in [0, 0.05) is 18.0 Å². The van der Waals surface area contributed by atoms with E-state index >= 15 is 0 Å². The van der Waals surface area contributed by atoms with Crippen molar-refractivity contribution in [1.82, 2.24) is 10.5 Å². The van der Waals surface area contributed by atoms with Gasteiger partial charge in [0.25, 0.3) is 0 Å². The Morgan fingerprint density at radius 2 is 2.27 bits per heavy atom. The second-order valence-electron chi connectivity index (χ2n) is 4.74. The molecule has 1 aromatic rings. The Labute approximate surface area is 90.2 Å². The molecule has 0 aromatic carbocycles. The first-order chi connectivity index (χ1) is 7.43. The highest BCUT2D eigenvalue weighted by Gasteiger charge is 2.23. The van der Waals surface area contributed by atoms with E-state index in [1.54, 1.807) is 0 Å². The van der Waals surface area contributed by atoms with Gasteiger partial charge >= 0.3 is 0 Å². The molecule has 0 saturated carbocycles. The van der Waals surface area contributed by atoms with Crippen LogP contribution in [0.15, 0.2) is 4.52 Å². The third kappa shape index (κ3) is 1.81. The van der Waals surface area contributed by atoms with Crippen molar-refractivity contribution in [2.45, 2.75) is 51.0 Å². The topological polar surface area (TPSA) is 38.1 Å². The Morgan fingerprint density at radius 1 is 1.27 bits per heavy atom. The molecule has 0 radical (unpaired) electrons. The van der Waals surface area contributed by atoms with E-state index in [0.29, 0.717) is 6.04 Å². The van der Waals surface area contributed by atoms with Crippen molar-refractivity contribution in [2.24, 2.45) is 0 Å². The SMILES string of the molecule is C1CCC(Cc2onc3c2CCC3)NC1. The Hall–Kier alpha value is -0.830. The Bertz CT molecular complexity index is 339. The van der Waals surface area contributed by atoms with Crippen LogP contribution in [0.3, 0.4) is 0 Å². The number of hydrogen-bond acceptors (Lipinski definition) is 3. The summed E-state index contributed by atoms with van der Waals surface area (Å²) < 4.78 is 5.45. The number of nitrogens with one attached hydrogen (secondary N) is 1. The van der Waals surface area contributed by atoms with Gasteiger partial charge < -0.3 is 9.84 Å². The molecule has 1 aliphatic carbocycles. The first-order valence-electron chi connectivity index (χ1n) is 6.13. The van der Waals surface area contributed by atoms with Gasteiger partial charge in [-0.1, -0.05) is 11.6 Å². The Morgan fingerprint density at radius 3 is 3.13 bits per heavy atom. The molecule has 1 atom stereocenters. The predicted octanol–water partition coefficient (Wildman–Crippen LogP) is 1.85. The maximum atomic E-state index is 5.45. The van der Waals surface area contributed by atoms with E-state index in [1.807, 2.05) is 0 Å². The van der Waals surface area contributed by atoms with Gasteiger partial charge in [-0.2, -0.15) is 0 Å². The normalized spacial score (nSPS) is 25.5. The summed E-state index contributed by atoms with van der Waals surface area (Å²) in [7, 11) is 0. The quantitative estimate of drug-likeness (QED) is 0.802. The largest absolute Gasteiger partial charge is 0.361 e. The van der Waals surface area contributed by atoms with Gasteiger partial charge in [-0.05, 0) is 38.6 Å². The molecule has 0 bridgehead atoms. The van der Waals surface area contributed by atoms with Gasteiger partial charge in [0.05, 0.1) is 5.69 Å². The molecule has 3 rings (SSSR count). The van der Waals surface area contributed by atoms with Crippen LogP contribution in [0.25, 0.3) is 0 Å². The van der Waals surface area contributed by atoms with E-state index in [2.05, 4.69) is 10.5 Å². The van der Waals surface area contributed by atoms with Gasteiger partial charge in [0.15, 0.2) is 0 Å². The van der Waals surface area contributed by atoms with Crippen LogP contribution in [0.1, 0.15) is 42.7 Å². The number of rotatable bonds is 2. The maximum absolute atomic E-state index is 5.45. The van der Waals surface area contributed by atoms with E-state index in [4.69, 9.17) is 4.52 Å². The molecule has 1 N–H and O–H groups in total. The van der Waals surface area contributed by atoms with Crippen LogP contribution >= 0.6 is 0 Å². The van der Waals surface area contributed by atoms with Crippen LogP contribution in [0.2, 0.25) is 0 Å². The lowest BCUT2D eigenvalue weighted by molar-refractivity contribution is 0.331. The Kier molecular flexibility index (Phi) is 2.49. The molecule has 82 valence electrons. The summed E-state index contributed by atoms with van der Waals surface area (Å²) in [4.78, 5) is 0. The first-order valence-corrected chi connectivity index (χ1v) is 6.13. The zero-order chi connectivity index (χ0) is 10.1. The fourth-order valence-electron chi connectivity index (χ4n) is 2.78. The van der Waals surface area contributed by atoms with Crippen molar-refractivity contribution in [3.8, 4) is 0 Å². The molecule has 3 heteroatoms. The predicted molar refractivity (Wildman–Crippen MR) is 57.9 cm³/mol. The van der Waals surface area contributed by atoms with Crippen LogP contribution in [0, 0.1) is 0 Å². The molecule has 3 nitrogen and oxygen atoms in total. The third-order valence-electron chi connectivity index (χ3n) is 3.64. The molecule has 2 aliphatic rings. The average Bonchev–Trinajstić information content (AvgIpc) is 2.85. The van der Waals surface area contributed by atoms with E-state index in [1.165, 1.54) is 49.9 Å². The van der Waals surface area contributed by atoms with Gasteiger partial charge in [0.2, 0.25) is 0 Å². The summed E-state index contributed by atoms with van der Waals surface area (Å²) in [5.41, 5.74) is 2.64. The molecule has 2 heterocycles. The molecule has 1 aliphatic heterocycles. The standard InChI is InChI=1S/C12H18N2O/c1-2-7-13-9(4-1)8-12-10-5-3-6-11(10)14-15-12/h9,13H,1-8H2. The minimum absolute atomic E-state index is 0.622. The zero-order valence-electron chi connectivity index (χ0n) is 9.09. The van der Waals surface area contributed by atoms with E-state index in [0.717, 1.165) is 18.6 Å². The molecule has 1 aromatic heterocycles. The summed E-state index contributed by atoms with van der Waals surface area (Å²) in [5, 5.41) is 7.72. The van der Waals surface area contributed by atoms with Crippen molar-refractivity contribution in [3.63, 3.8) is 0 Å². The van der Waals surface area contributed by atoms with Crippen molar-refractivity contribution in [3.05, 3.63) is 17.0 Å². The lowest BCUT2D eigenvalue weighted by Crippen LogP contribution is -2.35. The van der Waals surface area contributed by atoms with E-state index < -0.39 is 0 Å². The number of piperidine rings is 1. The van der Waals surface area contributed by atoms with Crippen molar-refractivity contribution in [2.75, 3.05) is 6.54 Å². The van der Waals surface area contributed by atoms with Crippen molar-refractivity contribution < 1.29 is 4.52 Å². The smallest absolute Gasteiger partial charge is 0.141 e. The van der Waals surface area contributed by atoms with Gasteiger partial charge in [0.1, 0.15) is 5.76 Å². The van der Waals surface area contributed by atoms with Crippen molar-refractivity contribution in [1.29, 1.82) is 0 Å². The minimum Gasteiger partial charge on any atom is -0.361 e. The van der Waals surface area contributed by atoms with Crippen LogP contribution in [-0.4, -0.2) is 17.7 Å². The molecule has 1 unspecified atom stereocenters. The summed E-state index contributed by atoms with van der Waals surface area (Å²) >= 11 is 0. The highest BCUT2D eigenvalue weighted by molar-refractivity contribution is 5.27. The van der Waals surface area contributed by atoms with E-state index in [-0.39, 0.29) is 0 Å². The van der Waals surface area contributed by atoms with E-state index in [9.17, 15) is 0 Å². The average molecular weight is 206 g/mol. The maximum Gasteiger partial charge on any atom is 0.141 e.